The van der Waals surface area contributed by atoms with Crippen LogP contribution in [0.15, 0.2) is 30.5 Å². The Labute approximate surface area is 122 Å². The van der Waals surface area contributed by atoms with E-state index < -0.39 is 0 Å². The maximum atomic E-state index is 6.19. The number of nitrogens with two attached hydrogens (primary N) is 1. The van der Waals surface area contributed by atoms with Crippen LogP contribution in [0.3, 0.4) is 0 Å². The third kappa shape index (κ3) is 2.02. The van der Waals surface area contributed by atoms with Crippen LogP contribution in [0, 0.1) is 13.8 Å². The molecule has 102 valence electrons. The predicted molar refractivity (Wildman–Crippen MR) is 82.0 cm³/mol. The number of aryl methyl sites for hydroxylation is 1. The van der Waals surface area contributed by atoms with Gasteiger partial charge in [0.1, 0.15) is 0 Å². The van der Waals surface area contributed by atoms with E-state index in [1.165, 1.54) is 0 Å². The molecule has 0 spiro atoms. The zero-order valence-corrected chi connectivity index (χ0v) is 12.1. The summed E-state index contributed by atoms with van der Waals surface area (Å²) in [6, 6.07) is 7.78. The van der Waals surface area contributed by atoms with Gasteiger partial charge in [0.2, 0.25) is 0 Å². The number of rotatable bonds is 2. The molecule has 0 aliphatic carbocycles. The molecule has 3 aromatic rings. The van der Waals surface area contributed by atoms with Crippen molar-refractivity contribution in [1.29, 1.82) is 0 Å². The fourth-order valence-electron chi connectivity index (χ4n) is 2.37. The third-order valence-corrected chi connectivity index (χ3v) is 4.05. The van der Waals surface area contributed by atoms with Gasteiger partial charge in [0, 0.05) is 17.3 Å². The monoisotopic (exact) mass is 286 g/mol. The first-order valence-electron chi connectivity index (χ1n) is 6.39. The van der Waals surface area contributed by atoms with E-state index in [4.69, 9.17) is 17.3 Å². The highest BCUT2D eigenvalue weighted by molar-refractivity contribution is 6.31. The van der Waals surface area contributed by atoms with Gasteiger partial charge in [0.15, 0.2) is 0 Å². The van der Waals surface area contributed by atoms with Crippen LogP contribution in [0.4, 0.5) is 5.69 Å². The average Bonchev–Trinajstić information content (AvgIpc) is 2.70. The quantitative estimate of drug-likeness (QED) is 0.735. The lowest BCUT2D eigenvalue weighted by atomic mass is 10.1. The molecule has 0 bridgehead atoms. The van der Waals surface area contributed by atoms with Crippen LogP contribution in [0.2, 0.25) is 5.02 Å². The zero-order valence-electron chi connectivity index (χ0n) is 11.4. The Morgan fingerprint density at radius 1 is 1.25 bits per heavy atom. The zero-order chi connectivity index (χ0) is 14.3. The Hall–Kier alpha value is -2.07. The van der Waals surface area contributed by atoms with E-state index in [0.717, 1.165) is 38.6 Å². The van der Waals surface area contributed by atoms with Crippen molar-refractivity contribution in [3.63, 3.8) is 0 Å². The Bertz CT molecular complexity index is 792. The summed E-state index contributed by atoms with van der Waals surface area (Å²) in [5.74, 6) is 0. The lowest BCUT2D eigenvalue weighted by molar-refractivity contribution is 0.661. The lowest BCUT2D eigenvalue weighted by Crippen LogP contribution is -2.05. The number of pyridine rings is 1. The minimum absolute atomic E-state index is 0.632. The Morgan fingerprint density at radius 2 is 2.05 bits per heavy atom. The Balaban J connectivity index is 2.11. The first-order chi connectivity index (χ1) is 9.58. The molecule has 1 aromatic carbocycles. The second-order valence-electron chi connectivity index (χ2n) is 4.86. The topological polar surface area (TPSA) is 56.7 Å². The van der Waals surface area contributed by atoms with Gasteiger partial charge in [-0.25, -0.2) is 0 Å². The molecule has 2 heterocycles. The number of fused-ring (bicyclic) bond motifs is 1. The Morgan fingerprint density at radius 3 is 2.75 bits per heavy atom. The second kappa shape index (κ2) is 4.80. The lowest BCUT2D eigenvalue weighted by Gasteiger charge is -2.09. The van der Waals surface area contributed by atoms with Gasteiger partial charge in [-0.1, -0.05) is 17.7 Å². The molecule has 0 radical (unpaired) electrons. The van der Waals surface area contributed by atoms with E-state index in [1.54, 1.807) is 6.20 Å². The summed E-state index contributed by atoms with van der Waals surface area (Å²) in [5.41, 5.74) is 10.5. The largest absolute Gasteiger partial charge is 0.398 e. The first kappa shape index (κ1) is 12.9. The number of nitrogens with zero attached hydrogens (tertiary/aromatic N) is 3. The fourth-order valence-corrected chi connectivity index (χ4v) is 2.51. The van der Waals surface area contributed by atoms with E-state index in [0.29, 0.717) is 6.54 Å². The molecule has 20 heavy (non-hydrogen) atoms. The van der Waals surface area contributed by atoms with Crippen LogP contribution in [0.5, 0.6) is 0 Å². The van der Waals surface area contributed by atoms with Crippen molar-refractivity contribution in [1.82, 2.24) is 14.8 Å². The van der Waals surface area contributed by atoms with Gasteiger partial charge < -0.3 is 5.73 Å². The molecular weight excluding hydrogens is 272 g/mol. The normalized spacial score (nSPS) is 11.2. The van der Waals surface area contributed by atoms with Crippen molar-refractivity contribution in [2.45, 2.75) is 20.4 Å². The van der Waals surface area contributed by atoms with Crippen molar-refractivity contribution in [2.24, 2.45) is 0 Å². The molecule has 2 aromatic heterocycles. The maximum absolute atomic E-state index is 6.19. The molecule has 5 heteroatoms. The fraction of sp³-hybridized carbons (Fsp3) is 0.200. The molecule has 0 unspecified atom stereocenters. The summed E-state index contributed by atoms with van der Waals surface area (Å²) in [6.45, 7) is 4.51. The summed E-state index contributed by atoms with van der Waals surface area (Å²) < 4.78 is 1.90. The predicted octanol–water partition coefficient (Wildman–Crippen LogP) is 3.33. The molecular formula is C15H15ClN4. The summed E-state index contributed by atoms with van der Waals surface area (Å²) in [5, 5.41) is 6.15. The van der Waals surface area contributed by atoms with Crippen LogP contribution in [-0.4, -0.2) is 14.8 Å². The van der Waals surface area contributed by atoms with Crippen molar-refractivity contribution in [3.8, 4) is 0 Å². The number of halogens is 1. The number of anilines is 1. The third-order valence-electron chi connectivity index (χ3n) is 3.50. The summed E-state index contributed by atoms with van der Waals surface area (Å²) >= 11 is 6.19. The molecule has 0 saturated heterocycles. The van der Waals surface area contributed by atoms with E-state index in [1.807, 2.05) is 42.8 Å². The molecule has 0 saturated carbocycles. The van der Waals surface area contributed by atoms with Crippen molar-refractivity contribution < 1.29 is 0 Å². The van der Waals surface area contributed by atoms with E-state index in [2.05, 4.69) is 10.1 Å². The molecule has 4 nitrogen and oxygen atoms in total. The molecule has 0 fully saturated rings. The standard InChI is InChI=1S/C15H15ClN4/c1-9-14(16)10(2)20(19-9)8-11-5-6-13(17)12-4-3-7-18-15(11)12/h3-7H,8,17H2,1-2H3. The summed E-state index contributed by atoms with van der Waals surface area (Å²) in [7, 11) is 0. The number of benzene rings is 1. The molecule has 0 atom stereocenters. The highest BCUT2D eigenvalue weighted by Gasteiger charge is 2.11. The van der Waals surface area contributed by atoms with Crippen molar-refractivity contribution >= 4 is 28.2 Å². The minimum atomic E-state index is 0.632. The van der Waals surface area contributed by atoms with Gasteiger partial charge in [0.05, 0.1) is 28.5 Å². The first-order valence-corrected chi connectivity index (χ1v) is 6.77. The number of hydrogen-bond donors (Lipinski definition) is 1. The van der Waals surface area contributed by atoms with Crippen LogP contribution in [0.1, 0.15) is 17.0 Å². The van der Waals surface area contributed by atoms with Crippen LogP contribution < -0.4 is 5.73 Å². The van der Waals surface area contributed by atoms with Gasteiger partial charge in [-0.2, -0.15) is 5.10 Å². The molecule has 2 N–H and O–H groups in total. The van der Waals surface area contributed by atoms with Crippen LogP contribution in [-0.2, 0) is 6.54 Å². The average molecular weight is 287 g/mol. The molecule has 0 aliphatic heterocycles. The number of aromatic nitrogens is 3. The summed E-state index contributed by atoms with van der Waals surface area (Å²) in [4.78, 5) is 4.44. The SMILES string of the molecule is Cc1nn(Cc2ccc(N)c3cccnc23)c(C)c1Cl. The highest BCUT2D eigenvalue weighted by atomic mass is 35.5. The van der Waals surface area contributed by atoms with Crippen molar-refractivity contribution in [3.05, 3.63) is 52.4 Å². The van der Waals surface area contributed by atoms with E-state index in [-0.39, 0.29) is 0 Å². The van der Waals surface area contributed by atoms with Crippen LogP contribution >= 0.6 is 11.6 Å². The Kier molecular flexibility index (Phi) is 3.10. The van der Waals surface area contributed by atoms with Crippen molar-refractivity contribution in [2.75, 3.05) is 5.73 Å². The molecule has 3 rings (SSSR count). The van der Waals surface area contributed by atoms with Gasteiger partial charge in [0.25, 0.3) is 0 Å². The maximum Gasteiger partial charge on any atom is 0.0844 e. The second-order valence-corrected chi connectivity index (χ2v) is 5.23. The number of hydrogen-bond acceptors (Lipinski definition) is 3. The smallest absolute Gasteiger partial charge is 0.0844 e. The van der Waals surface area contributed by atoms with Gasteiger partial charge in [-0.15, -0.1) is 0 Å². The van der Waals surface area contributed by atoms with E-state index in [9.17, 15) is 0 Å². The highest BCUT2D eigenvalue weighted by Crippen LogP contribution is 2.25. The van der Waals surface area contributed by atoms with Gasteiger partial charge >= 0.3 is 0 Å². The molecule has 0 amide bonds. The van der Waals surface area contributed by atoms with Crippen LogP contribution in [0.25, 0.3) is 10.9 Å². The molecule has 0 aliphatic rings. The summed E-state index contributed by atoms with van der Waals surface area (Å²) in [6.07, 6.45) is 1.78. The van der Waals surface area contributed by atoms with Gasteiger partial charge in [-0.05, 0) is 37.6 Å². The van der Waals surface area contributed by atoms with E-state index >= 15 is 0 Å². The number of nitrogen functional groups attached to an aromatic ring is 1. The minimum Gasteiger partial charge on any atom is -0.398 e. The van der Waals surface area contributed by atoms with Gasteiger partial charge in [-0.3, -0.25) is 9.67 Å².